The lowest BCUT2D eigenvalue weighted by Crippen LogP contribution is -2.44. The minimum absolute atomic E-state index is 0.0252. The van der Waals surface area contributed by atoms with Crippen LogP contribution in [0.5, 0.6) is 0 Å². The van der Waals surface area contributed by atoms with Crippen molar-refractivity contribution in [3.63, 3.8) is 0 Å². The first kappa shape index (κ1) is 16.6. The van der Waals surface area contributed by atoms with Gasteiger partial charge < -0.3 is 15.2 Å². The number of rotatable bonds is 6. The van der Waals surface area contributed by atoms with E-state index in [-0.39, 0.29) is 11.9 Å². The number of hydrogen-bond donors (Lipinski definition) is 1. The van der Waals surface area contributed by atoms with Crippen LogP contribution in [0.1, 0.15) is 42.0 Å². The second-order valence-corrected chi connectivity index (χ2v) is 6.30. The van der Waals surface area contributed by atoms with E-state index in [0.29, 0.717) is 18.8 Å². The van der Waals surface area contributed by atoms with Crippen LogP contribution in [0.25, 0.3) is 0 Å². The zero-order valence-electron chi connectivity index (χ0n) is 14.1. The molecule has 8 heteroatoms. The van der Waals surface area contributed by atoms with Gasteiger partial charge in [0.15, 0.2) is 5.69 Å². The van der Waals surface area contributed by atoms with Crippen molar-refractivity contribution in [1.82, 2.24) is 29.4 Å². The minimum atomic E-state index is -0.0252. The number of carbonyl (C=O) groups excluding carboxylic acids is 1. The number of nitrogens with zero attached hydrogens (tertiary/aromatic N) is 6. The van der Waals surface area contributed by atoms with E-state index in [1.807, 2.05) is 28.9 Å². The third-order valence-corrected chi connectivity index (χ3v) is 4.63. The van der Waals surface area contributed by atoms with Crippen LogP contribution in [0.2, 0.25) is 0 Å². The van der Waals surface area contributed by atoms with Crippen molar-refractivity contribution in [2.24, 2.45) is 12.8 Å². The van der Waals surface area contributed by atoms with Gasteiger partial charge in [-0.15, -0.1) is 5.10 Å². The summed E-state index contributed by atoms with van der Waals surface area (Å²) in [6, 6.07) is 0.239. The van der Waals surface area contributed by atoms with Gasteiger partial charge in [-0.1, -0.05) is 5.21 Å². The molecule has 0 spiro atoms. The Morgan fingerprint density at radius 1 is 1.42 bits per heavy atom. The molecule has 3 heterocycles. The Bertz CT molecular complexity index is 678. The van der Waals surface area contributed by atoms with Gasteiger partial charge >= 0.3 is 0 Å². The van der Waals surface area contributed by atoms with E-state index < -0.39 is 0 Å². The van der Waals surface area contributed by atoms with E-state index in [9.17, 15) is 4.79 Å². The van der Waals surface area contributed by atoms with Crippen LogP contribution in [0.3, 0.4) is 0 Å². The summed E-state index contributed by atoms with van der Waals surface area (Å²) in [5.41, 5.74) is 5.93. The molecule has 1 saturated heterocycles. The quantitative estimate of drug-likeness (QED) is 0.836. The fourth-order valence-corrected chi connectivity index (χ4v) is 3.29. The van der Waals surface area contributed by atoms with Crippen LogP contribution in [-0.4, -0.2) is 54.5 Å². The normalized spacial score (nSPS) is 18.1. The smallest absolute Gasteiger partial charge is 0.276 e. The van der Waals surface area contributed by atoms with Gasteiger partial charge in [-0.25, -0.2) is 4.98 Å². The van der Waals surface area contributed by atoms with Gasteiger partial charge in [0.05, 0.1) is 12.7 Å². The van der Waals surface area contributed by atoms with Crippen LogP contribution in [0.15, 0.2) is 18.6 Å². The average Bonchev–Trinajstić information content (AvgIpc) is 3.22. The molecule has 1 amide bonds. The van der Waals surface area contributed by atoms with E-state index in [1.54, 1.807) is 10.9 Å². The minimum Gasteiger partial charge on any atom is -0.338 e. The van der Waals surface area contributed by atoms with Gasteiger partial charge in [-0.05, 0) is 25.7 Å². The van der Waals surface area contributed by atoms with Gasteiger partial charge in [-0.2, -0.15) is 0 Å². The summed E-state index contributed by atoms with van der Waals surface area (Å²) >= 11 is 0. The number of nitrogens with two attached hydrogens (primary N) is 1. The molecule has 0 aromatic carbocycles. The lowest BCUT2D eigenvalue weighted by molar-refractivity contribution is 0.0595. The summed E-state index contributed by atoms with van der Waals surface area (Å²) in [7, 11) is 2.00. The maximum atomic E-state index is 12.8. The summed E-state index contributed by atoms with van der Waals surface area (Å²) in [6.45, 7) is 1.84. The predicted octanol–water partition coefficient (Wildman–Crippen LogP) is 0.598. The fraction of sp³-hybridized carbons (Fsp3) is 0.625. The Balaban J connectivity index is 1.66. The maximum Gasteiger partial charge on any atom is 0.276 e. The highest BCUT2D eigenvalue weighted by Gasteiger charge is 2.29. The highest BCUT2D eigenvalue weighted by molar-refractivity contribution is 5.92. The van der Waals surface area contributed by atoms with E-state index in [2.05, 4.69) is 15.3 Å². The van der Waals surface area contributed by atoms with Crippen LogP contribution in [0, 0.1) is 0 Å². The van der Waals surface area contributed by atoms with Crippen molar-refractivity contribution in [1.29, 1.82) is 0 Å². The van der Waals surface area contributed by atoms with Crippen LogP contribution in [-0.2, 0) is 20.0 Å². The Kier molecular flexibility index (Phi) is 5.24. The molecular formula is C16H25N7O. The molecule has 0 radical (unpaired) electrons. The van der Waals surface area contributed by atoms with Crippen molar-refractivity contribution in [3.05, 3.63) is 30.1 Å². The molecule has 0 aliphatic carbocycles. The first-order chi connectivity index (χ1) is 11.7. The lowest BCUT2D eigenvalue weighted by atomic mass is 9.97. The molecule has 130 valence electrons. The topological polar surface area (TPSA) is 94.9 Å². The molecule has 0 unspecified atom stereocenters. The molecule has 8 nitrogen and oxygen atoms in total. The van der Waals surface area contributed by atoms with Crippen molar-refractivity contribution in [3.8, 4) is 0 Å². The van der Waals surface area contributed by atoms with Gasteiger partial charge in [0.25, 0.3) is 5.91 Å². The largest absolute Gasteiger partial charge is 0.338 e. The van der Waals surface area contributed by atoms with E-state index in [1.165, 1.54) is 0 Å². The number of hydrogen-bond acceptors (Lipinski definition) is 5. The fourth-order valence-electron chi connectivity index (χ4n) is 3.29. The van der Waals surface area contributed by atoms with E-state index in [0.717, 1.165) is 44.5 Å². The summed E-state index contributed by atoms with van der Waals surface area (Å²) in [5.74, 6) is 1.03. The Morgan fingerprint density at radius 2 is 2.29 bits per heavy atom. The number of amides is 1. The lowest BCUT2D eigenvalue weighted by Gasteiger charge is -2.35. The molecule has 0 saturated carbocycles. The van der Waals surface area contributed by atoms with Crippen molar-refractivity contribution in [2.75, 3.05) is 13.1 Å². The highest BCUT2D eigenvalue weighted by Crippen LogP contribution is 2.22. The number of imidazole rings is 1. The van der Waals surface area contributed by atoms with Crippen LogP contribution >= 0.6 is 0 Å². The van der Waals surface area contributed by atoms with Crippen LogP contribution in [0.4, 0.5) is 0 Å². The maximum absolute atomic E-state index is 12.8. The van der Waals surface area contributed by atoms with Gasteiger partial charge in [0.1, 0.15) is 5.82 Å². The van der Waals surface area contributed by atoms with Gasteiger partial charge in [-0.3, -0.25) is 9.48 Å². The zero-order chi connectivity index (χ0) is 16.9. The molecular weight excluding hydrogens is 306 g/mol. The van der Waals surface area contributed by atoms with Crippen molar-refractivity contribution < 1.29 is 4.79 Å². The van der Waals surface area contributed by atoms with Crippen molar-refractivity contribution >= 4 is 5.91 Å². The predicted molar refractivity (Wildman–Crippen MR) is 89.3 cm³/mol. The second-order valence-electron chi connectivity index (χ2n) is 6.30. The number of likely N-dealkylation sites (tertiary alicyclic amines) is 1. The first-order valence-corrected chi connectivity index (χ1v) is 8.56. The summed E-state index contributed by atoms with van der Waals surface area (Å²) in [4.78, 5) is 19.1. The molecule has 2 N–H and O–H groups in total. The SMILES string of the molecule is Cn1ccnc1CC[C@@H]1CCCCN1C(=O)c1cn(CCN)nn1. The Labute approximate surface area is 141 Å². The highest BCUT2D eigenvalue weighted by atomic mass is 16.2. The summed E-state index contributed by atoms with van der Waals surface area (Å²) < 4.78 is 3.66. The summed E-state index contributed by atoms with van der Waals surface area (Å²) in [6.07, 6.45) is 10.5. The number of piperidine rings is 1. The third kappa shape index (κ3) is 3.64. The molecule has 2 aromatic rings. The Morgan fingerprint density at radius 3 is 3.04 bits per heavy atom. The molecule has 2 aromatic heterocycles. The van der Waals surface area contributed by atoms with E-state index in [4.69, 9.17) is 5.73 Å². The van der Waals surface area contributed by atoms with Crippen molar-refractivity contribution in [2.45, 2.75) is 44.7 Å². The number of aromatic nitrogens is 5. The standard InChI is InChI=1S/C16H25N7O/c1-21-11-8-18-15(21)6-5-13-4-2-3-9-23(13)16(24)14-12-22(10-7-17)20-19-14/h8,11-13H,2-7,9-10,17H2,1H3/t13-/m0/s1. The molecule has 3 rings (SSSR count). The van der Waals surface area contributed by atoms with Crippen LogP contribution < -0.4 is 5.73 Å². The second kappa shape index (κ2) is 7.57. The number of carbonyl (C=O) groups is 1. The molecule has 1 fully saturated rings. The third-order valence-electron chi connectivity index (χ3n) is 4.63. The molecule has 1 aliphatic rings. The average molecular weight is 331 g/mol. The molecule has 0 bridgehead atoms. The van der Waals surface area contributed by atoms with Gasteiger partial charge in [0, 0.05) is 45.0 Å². The Hall–Kier alpha value is -2.22. The van der Waals surface area contributed by atoms with Gasteiger partial charge in [0.2, 0.25) is 0 Å². The number of aryl methyl sites for hydroxylation is 2. The molecule has 1 aliphatic heterocycles. The van der Waals surface area contributed by atoms with E-state index >= 15 is 0 Å². The first-order valence-electron chi connectivity index (χ1n) is 8.56. The monoisotopic (exact) mass is 331 g/mol. The zero-order valence-corrected chi connectivity index (χ0v) is 14.1. The molecule has 1 atom stereocenters. The molecule has 24 heavy (non-hydrogen) atoms. The summed E-state index contributed by atoms with van der Waals surface area (Å²) in [5, 5.41) is 7.99.